The number of hydrogen-bond donors (Lipinski definition) is 2. The summed E-state index contributed by atoms with van der Waals surface area (Å²) in [7, 11) is 0. The number of halogens is 1. The molecule has 1 saturated heterocycles. The van der Waals surface area contributed by atoms with E-state index in [4.69, 9.17) is 16.6 Å². The summed E-state index contributed by atoms with van der Waals surface area (Å²) in [6.45, 7) is 4.37. The fraction of sp³-hybridized carbons (Fsp3) is 0.458. The van der Waals surface area contributed by atoms with Crippen LogP contribution in [0.4, 0.5) is 5.95 Å². The molecule has 0 unspecified atom stereocenters. The second kappa shape index (κ2) is 9.73. The molecule has 1 amide bonds. The number of nitrogens with one attached hydrogen (secondary N) is 2. The second-order valence-corrected chi connectivity index (χ2v) is 10.1. The van der Waals surface area contributed by atoms with Crippen LogP contribution >= 0.6 is 22.9 Å². The van der Waals surface area contributed by atoms with Gasteiger partial charge in [0.1, 0.15) is 5.69 Å². The molecule has 1 aromatic carbocycles. The highest BCUT2D eigenvalue weighted by molar-refractivity contribution is 7.22. The standard InChI is InChI=1S/C24H28ClN5OS/c25-19-15-27-24(26-10-5-13-30-11-2-1-3-12-30)29-22(19)21-14-18-17(6-4-7-20(18)32-21)23(31)28-16-8-9-16/h4,6-7,14-16H,1-3,5,8-13H2,(H,28,31)(H,26,27,29). The van der Waals surface area contributed by atoms with E-state index in [1.165, 1.54) is 32.4 Å². The van der Waals surface area contributed by atoms with Crippen molar-refractivity contribution < 1.29 is 4.79 Å². The van der Waals surface area contributed by atoms with E-state index in [-0.39, 0.29) is 5.91 Å². The number of nitrogens with zero attached hydrogens (tertiary/aromatic N) is 3. The molecule has 3 aromatic rings. The summed E-state index contributed by atoms with van der Waals surface area (Å²) >= 11 is 8.07. The lowest BCUT2D eigenvalue weighted by molar-refractivity contribution is 0.0953. The van der Waals surface area contributed by atoms with Crippen LogP contribution in [0.3, 0.4) is 0 Å². The monoisotopic (exact) mass is 469 g/mol. The van der Waals surface area contributed by atoms with Crippen LogP contribution in [0.25, 0.3) is 20.7 Å². The van der Waals surface area contributed by atoms with Crippen LogP contribution in [0.2, 0.25) is 5.02 Å². The minimum atomic E-state index is -0.00713. The van der Waals surface area contributed by atoms with Gasteiger partial charge in [0.25, 0.3) is 5.91 Å². The van der Waals surface area contributed by atoms with Crippen molar-refractivity contribution in [1.82, 2.24) is 20.2 Å². The molecular formula is C24H28ClN5OS. The highest BCUT2D eigenvalue weighted by Gasteiger charge is 2.25. The smallest absolute Gasteiger partial charge is 0.252 e. The van der Waals surface area contributed by atoms with Crippen molar-refractivity contribution in [3.05, 3.63) is 41.0 Å². The Labute approximate surface area is 197 Å². The molecule has 0 atom stereocenters. The molecule has 2 fully saturated rings. The van der Waals surface area contributed by atoms with Crippen LogP contribution in [0.5, 0.6) is 0 Å². The maximum absolute atomic E-state index is 12.7. The Morgan fingerprint density at radius 2 is 2.06 bits per heavy atom. The molecule has 0 bridgehead atoms. The predicted octanol–water partition coefficient (Wildman–Crippen LogP) is 5.19. The Hall–Kier alpha value is -2.22. The zero-order valence-electron chi connectivity index (χ0n) is 18.1. The predicted molar refractivity (Wildman–Crippen MR) is 132 cm³/mol. The Morgan fingerprint density at radius 3 is 2.88 bits per heavy atom. The number of fused-ring (bicyclic) bond motifs is 1. The molecule has 6 nitrogen and oxygen atoms in total. The molecule has 2 aromatic heterocycles. The van der Waals surface area contributed by atoms with E-state index < -0.39 is 0 Å². The number of aromatic nitrogens is 2. The van der Waals surface area contributed by atoms with Crippen LogP contribution in [-0.2, 0) is 0 Å². The summed E-state index contributed by atoms with van der Waals surface area (Å²) in [6.07, 6.45) is 8.85. The molecule has 0 spiro atoms. The Bertz CT molecular complexity index is 1110. The van der Waals surface area contributed by atoms with E-state index in [0.717, 1.165) is 47.3 Å². The summed E-state index contributed by atoms with van der Waals surface area (Å²) in [5.74, 6) is 0.583. The van der Waals surface area contributed by atoms with Gasteiger partial charge in [-0.05, 0) is 69.9 Å². The topological polar surface area (TPSA) is 70.2 Å². The molecule has 1 saturated carbocycles. The maximum Gasteiger partial charge on any atom is 0.252 e. The maximum atomic E-state index is 12.7. The average Bonchev–Trinajstić information content (AvgIpc) is 3.52. The molecule has 8 heteroatoms. The van der Waals surface area contributed by atoms with E-state index in [1.54, 1.807) is 17.5 Å². The van der Waals surface area contributed by atoms with Gasteiger partial charge in [-0.15, -0.1) is 11.3 Å². The summed E-state index contributed by atoms with van der Waals surface area (Å²) in [4.78, 5) is 25.2. The molecule has 2 N–H and O–H groups in total. The summed E-state index contributed by atoms with van der Waals surface area (Å²) in [5, 5.41) is 7.89. The Balaban J connectivity index is 1.30. The van der Waals surface area contributed by atoms with Crippen LogP contribution in [-0.4, -0.2) is 53.0 Å². The molecule has 2 aliphatic rings. The molecule has 5 rings (SSSR count). The number of likely N-dealkylation sites (tertiary alicyclic amines) is 1. The molecule has 1 aliphatic carbocycles. The lowest BCUT2D eigenvalue weighted by Crippen LogP contribution is -2.31. The second-order valence-electron chi connectivity index (χ2n) is 8.65. The van der Waals surface area contributed by atoms with Gasteiger partial charge in [-0.3, -0.25) is 4.79 Å². The summed E-state index contributed by atoms with van der Waals surface area (Å²) in [6, 6.07) is 8.20. The summed E-state index contributed by atoms with van der Waals surface area (Å²) < 4.78 is 1.05. The third kappa shape index (κ3) is 5.05. The van der Waals surface area contributed by atoms with Crippen LogP contribution in [0, 0.1) is 0 Å². The van der Waals surface area contributed by atoms with Gasteiger partial charge in [0.2, 0.25) is 5.95 Å². The minimum Gasteiger partial charge on any atom is -0.354 e. The van der Waals surface area contributed by atoms with Gasteiger partial charge in [-0.25, -0.2) is 9.97 Å². The number of hydrogen-bond acceptors (Lipinski definition) is 6. The fourth-order valence-electron chi connectivity index (χ4n) is 4.18. The Kier molecular flexibility index (Phi) is 6.57. The van der Waals surface area contributed by atoms with E-state index in [9.17, 15) is 4.79 Å². The lowest BCUT2D eigenvalue weighted by Gasteiger charge is -2.26. The van der Waals surface area contributed by atoms with E-state index >= 15 is 0 Å². The lowest BCUT2D eigenvalue weighted by atomic mass is 10.1. The van der Waals surface area contributed by atoms with Crippen molar-refractivity contribution in [3.8, 4) is 10.6 Å². The van der Waals surface area contributed by atoms with Gasteiger partial charge in [-0.1, -0.05) is 24.1 Å². The number of benzene rings is 1. The molecule has 0 radical (unpaired) electrons. The Morgan fingerprint density at radius 1 is 1.22 bits per heavy atom. The number of carbonyl (C=O) groups is 1. The zero-order valence-corrected chi connectivity index (χ0v) is 19.6. The van der Waals surface area contributed by atoms with Gasteiger partial charge in [-0.2, -0.15) is 0 Å². The minimum absolute atomic E-state index is 0.00713. The largest absolute Gasteiger partial charge is 0.354 e. The highest BCUT2D eigenvalue weighted by atomic mass is 35.5. The molecule has 168 valence electrons. The molecular weight excluding hydrogens is 442 g/mol. The summed E-state index contributed by atoms with van der Waals surface area (Å²) in [5.41, 5.74) is 1.41. The van der Waals surface area contributed by atoms with Crippen molar-refractivity contribution in [2.75, 3.05) is 31.5 Å². The number of thiophene rings is 1. The SMILES string of the molecule is O=C(NC1CC1)c1cccc2sc(-c3nc(NCCCN4CCCCC4)ncc3Cl)cc12. The molecule has 32 heavy (non-hydrogen) atoms. The van der Waals surface area contributed by atoms with Crippen molar-refractivity contribution in [1.29, 1.82) is 0 Å². The first-order chi connectivity index (χ1) is 15.7. The molecule has 3 heterocycles. The normalized spacial score (nSPS) is 16.9. The van der Waals surface area contributed by atoms with Crippen molar-refractivity contribution >= 4 is 44.9 Å². The number of piperidine rings is 1. The number of carbonyl (C=O) groups excluding carboxylic acids is 1. The van der Waals surface area contributed by atoms with Gasteiger partial charge < -0.3 is 15.5 Å². The third-order valence-corrected chi connectivity index (χ3v) is 7.46. The van der Waals surface area contributed by atoms with E-state index in [1.807, 2.05) is 24.3 Å². The highest BCUT2D eigenvalue weighted by Crippen LogP contribution is 2.37. The first-order valence-electron chi connectivity index (χ1n) is 11.5. The van der Waals surface area contributed by atoms with E-state index in [0.29, 0.717) is 28.3 Å². The van der Waals surface area contributed by atoms with Crippen molar-refractivity contribution in [2.24, 2.45) is 0 Å². The van der Waals surface area contributed by atoms with Gasteiger partial charge in [0.05, 0.1) is 16.1 Å². The van der Waals surface area contributed by atoms with Gasteiger partial charge in [0, 0.05) is 28.2 Å². The number of anilines is 1. The third-order valence-electron chi connectivity index (χ3n) is 6.08. The molecule has 1 aliphatic heterocycles. The fourth-order valence-corrected chi connectivity index (χ4v) is 5.52. The van der Waals surface area contributed by atoms with Crippen LogP contribution in [0.15, 0.2) is 30.5 Å². The van der Waals surface area contributed by atoms with Crippen LogP contribution < -0.4 is 10.6 Å². The van der Waals surface area contributed by atoms with Gasteiger partial charge in [0.15, 0.2) is 0 Å². The average molecular weight is 470 g/mol. The first kappa shape index (κ1) is 21.6. The van der Waals surface area contributed by atoms with E-state index in [2.05, 4.69) is 20.5 Å². The van der Waals surface area contributed by atoms with Crippen molar-refractivity contribution in [3.63, 3.8) is 0 Å². The van der Waals surface area contributed by atoms with Gasteiger partial charge >= 0.3 is 0 Å². The van der Waals surface area contributed by atoms with Crippen molar-refractivity contribution in [2.45, 2.75) is 44.6 Å². The van der Waals surface area contributed by atoms with Crippen LogP contribution in [0.1, 0.15) is 48.9 Å². The number of rotatable bonds is 8. The zero-order chi connectivity index (χ0) is 21.9. The number of amides is 1. The quantitative estimate of drug-likeness (QED) is 0.444. The first-order valence-corrected chi connectivity index (χ1v) is 12.7.